The maximum atomic E-state index is 2.81. The Bertz CT molecular complexity index is 459. The van der Waals surface area contributed by atoms with Crippen LogP contribution in [0.5, 0.6) is 0 Å². The van der Waals surface area contributed by atoms with Gasteiger partial charge in [-0.25, -0.2) is 0 Å². The standard InChI is InChI=1S/C21H37N/c1-13(2)19-16(7)12-21(20(19)14(3)4)10-11-22(15(5)6)18-9-8-17(18)21/h13-18H,8-12H2,1-7H3/t16-,17+,18-,21-/m1/s1. The third-order valence-electron chi connectivity index (χ3n) is 7.10. The first kappa shape index (κ1) is 16.6. The molecule has 0 aromatic rings. The van der Waals surface area contributed by atoms with Crippen LogP contribution < -0.4 is 0 Å². The smallest absolute Gasteiger partial charge is 0.0135 e. The Morgan fingerprint density at radius 3 is 2.14 bits per heavy atom. The van der Waals surface area contributed by atoms with E-state index in [4.69, 9.17) is 0 Å². The Balaban J connectivity index is 2.00. The molecule has 1 saturated carbocycles. The van der Waals surface area contributed by atoms with Gasteiger partial charge in [-0.15, -0.1) is 0 Å². The lowest BCUT2D eigenvalue weighted by Gasteiger charge is -2.60. The summed E-state index contributed by atoms with van der Waals surface area (Å²) >= 11 is 0. The van der Waals surface area contributed by atoms with Gasteiger partial charge in [-0.2, -0.15) is 0 Å². The third-order valence-corrected chi connectivity index (χ3v) is 7.10. The van der Waals surface area contributed by atoms with Crippen LogP contribution in [0.4, 0.5) is 0 Å². The van der Waals surface area contributed by atoms with Gasteiger partial charge in [0, 0.05) is 12.1 Å². The Kier molecular flexibility index (Phi) is 4.25. The second kappa shape index (κ2) is 5.65. The lowest BCUT2D eigenvalue weighted by atomic mass is 9.53. The van der Waals surface area contributed by atoms with E-state index < -0.39 is 0 Å². The van der Waals surface area contributed by atoms with E-state index in [0.717, 1.165) is 35.8 Å². The minimum absolute atomic E-state index is 0.557. The fourth-order valence-electron chi connectivity index (χ4n) is 6.54. The summed E-state index contributed by atoms with van der Waals surface area (Å²) < 4.78 is 0. The molecule has 2 aliphatic carbocycles. The van der Waals surface area contributed by atoms with E-state index in [-0.39, 0.29) is 0 Å². The van der Waals surface area contributed by atoms with E-state index in [1.165, 1.54) is 32.2 Å². The van der Waals surface area contributed by atoms with E-state index in [1.807, 2.05) is 11.1 Å². The summed E-state index contributed by atoms with van der Waals surface area (Å²) in [4.78, 5) is 2.81. The second-order valence-corrected chi connectivity index (χ2v) is 9.27. The van der Waals surface area contributed by atoms with E-state index in [9.17, 15) is 0 Å². The van der Waals surface area contributed by atoms with Crippen LogP contribution in [0.25, 0.3) is 0 Å². The molecular formula is C21H37N. The van der Waals surface area contributed by atoms with Gasteiger partial charge in [0.25, 0.3) is 0 Å². The first-order valence-electron chi connectivity index (χ1n) is 9.79. The molecule has 1 heteroatoms. The van der Waals surface area contributed by atoms with Crippen molar-refractivity contribution in [2.24, 2.45) is 29.1 Å². The summed E-state index contributed by atoms with van der Waals surface area (Å²) in [7, 11) is 0. The maximum absolute atomic E-state index is 2.81. The topological polar surface area (TPSA) is 3.24 Å². The molecule has 1 spiro atoms. The van der Waals surface area contributed by atoms with E-state index in [1.54, 1.807) is 0 Å². The molecule has 1 heterocycles. The van der Waals surface area contributed by atoms with Crippen LogP contribution in [0.15, 0.2) is 11.1 Å². The van der Waals surface area contributed by atoms with Crippen molar-refractivity contribution in [2.45, 2.75) is 86.2 Å². The van der Waals surface area contributed by atoms with Gasteiger partial charge in [0.2, 0.25) is 0 Å². The molecule has 0 radical (unpaired) electrons. The van der Waals surface area contributed by atoms with Gasteiger partial charge in [0.1, 0.15) is 0 Å². The predicted octanol–water partition coefficient (Wildman–Crippen LogP) is 5.51. The van der Waals surface area contributed by atoms with Gasteiger partial charge < -0.3 is 0 Å². The Labute approximate surface area is 138 Å². The summed E-state index contributed by atoms with van der Waals surface area (Å²) in [6, 6.07) is 1.60. The fourth-order valence-corrected chi connectivity index (χ4v) is 6.54. The minimum Gasteiger partial charge on any atom is -0.298 e. The van der Waals surface area contributed by atoms with Gasteiger partial charge in [-0.3, -0.25) is 4.90 Å². The van der Waals surface area contributed by atoms with Gasteiger partial charge in [0.05, 0.1) is 0 Å². The molecule has 0 aromatic carbocycles. The summed E-state index contributed by atoms with van der Waals surface area (Å²) in [5.74, 6) is 3.21. The number of fused-ring (bicyclic) bond motifs is 2. The zero-order valence-corrected chi connectivity index (χ0v) is 15.9. The molecule has 0 aromatic heterocycles. The van der Waals surface area contributed by atoms with Crippen molar-refractivity contribution in [3.8, 4) is 0 Å². The van der Waals surface area contributed by atoms with Gasteiger partial charge >= 0.3 is 0 Å². The lowest BCUT2D eigenvalue weighted by Crippen LogP contribution is -2.61. The normalized spacial score (nSPS) is 39.3. The Hall–Kier alpha value is -0.300. The SMILES string of the molecule is CC(C)C1=C(C(C)C)[C@]2(CCN(C(C)C)[C@@H]3CC[C@@H]32)C[C@H]1C. The lowest BCUT2D eigenvalue weighted by molar-refractivity contribution is -0.0790. The molecule has 0 N–H and O–H groups in total. The van der Waals surface area contributed by atoms with Crippen LogP contribution in [0.2, 0.25) is 0 Å². The highest BCUT2D eigenvalue weighted by Crippen LogP contribution is 2.64. The average Bonchev–Trinajstić information content (AvgIpc) is 2.64. The molecule has 22 heavy (non-hydrogen) atoms. The van der Waals surface area contributed by atoms with E-state index in [2.05, 4.69) is 53.4 Å². The molecule has 1 nitrogen and oxygen atoms in total. The van der Waals surface area contributed by atoms with Crippen molar-refractivity contribution in [3.63, 3.8) is 0 Å². The summed E-state index contributed by atoms with van der Waals surface area (Å²) in [5.41, 5.74) is 4.29. The number of allylic oxidation sites excluding steroid dienone is 2. The van der Waals surface area contributed by atoms with Crippen molar-refractivity contribution in [1.82, 2.24) is 4.90 Å². The van der Waals surface area contributed by atoms with Gasteiger partial charge in [0.15, 0.2) is 0 Å². The molecule has 3 aliphatic rings. The Morgan fingerprint density at radius 1 is 1.00 bits per heavy atom. The monoisotopic (exact) mass is 303 g/mol. The van der Waals surface area contributed by atoms with Crippen molar-refractivity contribution >= 4 is 0 Å². The van der Waals surface area contributed by atoms with Crippen LogP contribution >= 0.6 is 0 Å². The fraction of sp³-hybridized carbons (Fsp3) is 0.905. The number of likely N-dealkylation sites (tertiary alicyclic amines) is 1. The molecule has 3 rings (SSSR count). The average molecular weight is 304 g/mol. The Morgan fingerprint density at radius 2 is 1.68 bits per heavy atom. The third kappa shape index (κ3) is 2.22. The second-order valence-electron chi connectivity index (χ2n) is 9.27. The zero-order chi connectivity index (χ0) is 16.2. The van der Waals surface area contributed by atoms with Gasteiger partial charge in [-0.1, -0.05) is 45.8 Å². The largest absolute Gasteiger partial charge is 0.298 e. The number of rotatable bonds is 3. The molecule has 1 aliphatic heterocycles. The molecule has 4 atom stereocenters. The highest BCUT2D eigenvalue weighted by atomic mass is 15.2. The molecule has 0 unspecified atom stereocenters. The molecule has 1 saturated heterocycles. The van der Waals surface area contributed by atoms with Crippen LogP contribution in [-0.4, -0.2) is 23.5 Å². The summed E-state index contributed by atoms with van der Waals surface area (Å²) in [5, 5.41) is 0. The molecule has 0 bridgehead atoms. The van der Waals surface area contributed by atoms with Crippen molar-refractivity contribution < 1.29 is 0 Å². The predicted molar refractivity (Wildman–Crippen MR) is 95.9 cm³/mol. The van der Waals surface area contributed by atoms with Gasteiger partial charge in [-0.05, 0) is 75.2 Å². The highest BCUT2D eigenvalue weighted by Gasteiger charge is 2.58. The van der Waals surface area contributed by atoms with Crippen molar-refractivity contribution in [2.75, 3.05) is 6.54 Å². The number of nitrogens with zero attached hydrogens (tertiary/aromatic N) is 1. The minimum atomic E-state index is 0.557. The van der Waals surface area contributed by atoms with E-state index in [0.29, 0.717) is 5.41 Å². The van der Waals surface area contributed by atoms with Crippen LogP contribution in [0, 0.1) is 29.1 Å². The summed E-state index contributed by atoms with van der Waals surface area (Å²) in [6.07, 6.45) is 5.78. The summed E-state index contributed by atoms with van der Waals surface area (Å²) in [6.45, 7) is 18.4. The maximum Gasteiger partial charge on any atom is 0.0135 e. The van der Waals surface area contributed by atoms with Crippen molar-refractivity contribution in [1.29, 1.82) is 0 Å². The number of piperidine rings is 1. The highest BCUT2D eigenvalue weighted by molar-refractivity contribution is 5.36. The molecule has 126 valence electrons. The molecular weight excluding hydrogens is 266 g/mol. The number of hydrogen-bond acceptors (Lipinski definition) is 1. The zero-order valence-electron chi connectivity index (χ0n) is 15.9. The van der Waals surface area contributed by atoms with Crippen LogP contribution in [-0.2, 0) is 0 Å². The first-order chi connectivity index (χ1) is 10.3. The first-order valence-corrected chi connectivity index (χ1v) is 9.79. The quantitative estimate of drug-likeness (QED) is 0.621. The number of hydrogen-bond donors (Lipinski definition) is 0. The van der Waals surface area contributed by atoms with Crippen molar-refractivity contribution in [3.05, 3.63) is 11.1 Å². The molecule has 0 amide bonds. The van der Waals surface area contributed by atoms with Crippen LogP contribution in [0.1, 0.15) is 74.1 Å². The van der Waals surface area contributed by atoms with Crippen LogP contribution in [0.3, 0.4) is 0 Å². The molecule has 2 fully saturated rings. The van der Waals surface area contributed by atoms with E-state index >= 15 is 0 Å².